The standard InChI is InChI=1S/C18H23F4N5S/c1-3-26(4-2)8-5-7-23-18(28)24-15-6-9-27(25-15)11-12-16(21)13(19)10-14(20)17(12)22/h6,9-10H,3-5,7-8,11H2,1-2H3,(H2,23,24,25,28). The Morgan fingerprint density at radius 1 is 1.14 bits per heavy atom. The minimum absolute atomic E-state index is 0.175. The average molecular weight is 417 g/mol. The number of benzene rings is 1. The number of halogens is 4. The Labute approximate surface area is 166 Å². The van der Waals surface area contributed by atoms with Crippen LogP contribution in [0, 0.1) is 23.3 Å². The molecular formula is C18H23F4N5S. The average Bonchev–Trinajstić information content (AvgIpc) is 3.10. The Balaban J connectivity index is 1.88. The van der Waals surface area contributed by atoms with Crippen LogP contribution in [0.3, 0.4) is 0 Å². The van der Waals surface area contributed by atoms with E-state index in [9.17, 15) is 17.6 Å². The van der Waals surface area contributed by atoms with Crippen LogP contribution in [0.25, 0.3) is 0 Å². The van der Waals surface area contributed by atoms with E-state index in [0.29, 0.717) is 17.5 Å². The van der Waals surface area contributed by atoms with Crippen LogP contribution >= 0.6 is 12.2 Å². The van der Waals surface area contributed by atoms with Gasteiger partial charge in [-0.25, -0.2) is 17.6 Å². The van der Waals surface area contributed by atoms with Crippen LogP contribution in [0.1, 0.15) is 25.8 Å². The zero-order chi connectivity index (χ0) is 20.7. The molecule has 2 rings (SSSR count). The lowest BCUT2D eigenvalue weighted by molar-refractivity contribution is 0.300. The summed E-state index contributed by atoms with van der Waals surface area (Å²) in [5.41, 5.74) is -0.732. The molecule has 0 spiro atoms. The molecule has 2 aromatic rings. The van der Waals surface area contributed by atoms with Gasteiger partial charge in [0, 0.05) is 24.9 Å². The summed E-state index contributed by atoms with van der Waals surface area (Å²) in [7, 11) is 0. The fraction of sp³-hybridized carbons (Fsp3) is 0.444. The summed E-state index contributed by atoms with van der Waals surface area (Å²) in [6, 6.07) is 1.71. The highest BCUT2D eigenvalue weighted by atomic mass is 32.1. The third-order valence-corrected chi connectivity index (χ3v) is 4.48. The number of anilines is 1. The van der Waals surface area contributed by atoms with E-state index in [1.54, 1.807) is 0 Å². The molecule has 1 aromatic heterocycles. The highest BCUT2D eigenvalue weighted by Gasteiger charge is 2.19. The van der Waals surface area contributed by atoms with Crippen molar-refractivity contribution in [2.45, 2.75) is 26.8 Å². The van der Waals surface area contributed by atoms with Crippen molar-refractivity contribution in [2.24, 2.45) is 0 Å². The smallest absolute Gasteiger partial charge is 0.171 e. The molecule has 2 N–H and O–H groups in total. The van der Waals surface area contributed by atoms with Crippen LogP contribution < -0.4 is 10.6 Å². The predicted octanol–water partition coefficient (Wildman–Crippen LogP) is 3.51. The van der Waals surface area contributed by atoms with E-state index in [1.165, 1.54) is 12.3 Å². The first-order valence-electron chi connectivity index (χ1n) is 8.98. The number of thiocarbonyl (C=S) groups is 1. The second kappa shape index (κ2) is 10.4. The third-order valence-electron chi connectivity index (χ3n) is 4.24. The molecule has 28 heavy (non-hydrogen) atoms. The van der Waals surface area contributed by atoms with Gasteiger partial charge in [0.1, 0.15) is 0 Å². The van der Waals surface area contributed by atoms with Gasteiger partial charge in [0.15, 0.2) is 34.2 Å². The van der Waals surface area contributed by atoms with Gasteiger partial charge in [0.2, 0.25) is 0 Å². The maximum absolute atomic E-state index is 13.8. The largest absolute Gasteiger partial charge is 0.362 e. The number of aromatic nitrogens is 2. The second-order valence-electron chi connectivity index (χ2n) is 6.11. The number of nitrogens with zero attached hydrogens (tertiary/aromatic N) is 3. The molecule has 0 saturated carbocycles. The number of nitrogens with one attached hydrogen (secondary N) is 2. The van der Waals surface area contributed by atoms with E-state index in [4.69, 9.17) is 12.2 Å². The van der Waals surface area contributed by atoms with Crippen LogP contribution in [-0.4, -0.2) is 46.0 Å². The van der Waals surface area contributed by atoms with Crippen molar-refractivity contribution in [1.29, 1.82) is 0 Å². The molecule has 0 saturated heterocycles. The van der Waals surface area contributed by atoms with Crippen molar-refractivity contribution in [3.05, 3.63) is 47.2 Å². The fourth-order valence-electron chi connectivity index (χ4n) is 2.64. The van der Waals surface area contributed by atoms with Gasteiger partial charge in [-0.3, -0.25) is 4.68 Å². The molecule has 0 bridgehead atoms. The van der Waals surface area contributed by atoms with Crippen molar-refractivity contribution in [1.82, 2.24) is 20.0 Å². The van der Waals surface area contributed by atoms with Gasteiger partial charge in [-0.2, -0.15) is 5.10 Å². The highest BCUT2D eigenvalue weighted by molar-refractivity contribution is 7.80. The van der Waals surface area contributed by atoms with E-state index in [1.807, 2.05) is 0 Å². The quantitative estimate of drug-likeness (QED) is 0.283. The maximum atomic E-state index is 13.8. The van der Waals surface area contributed by atoms with Crippen molar-refractivity contribution in [2.75, 3.05) is 31.5 Å². The van der Waals surface area contributed by atoms with Gasteiger partial charge in [-0.05, 0) is 38.3 Å². The number of rotatable bonds is 9. The lowest BCUT2D eigenvalue weighted by Crippen LogP contribution is -2.32. The van der Waals surface area contributed by atoms with E-state index in [0.717, 1.165) is 30.7 Å². The minimum Gasteiger partial charge on any atom is -0.362 e. The minimum atomic E-state index is -1.45. The molecular weight excluding hydrogens is 394 g/mol. The Morgan fingerprint density at radius 3 is 2.39 bits per heavy atom. The molecule has 0 fully saturated rings. The summed E-state index contributed by atoms with van der Waals surface area (Å²) in [5, 5.41) is 10.3. The number of hydrogen-bond donors (Lipinski definition) is 2. The SMILES string of the molecule is CCN(CC)CCCNC(=S)Nc1ccn(Cc2c(F)c(F)cc(F)c2F)n1. The second-order valence-corrected chi connectivity index (χ2v) is 6.51. The van der Waals surface area contributed by atoms with Crippen molar-refractivity contribution in [3.8, 4) is 0 Å². The van der Waals surface area contributed by atoms with Gasteiger partial charge in [-0.1, -0.05) is 13.8 Å². The monoisotopic (exact) mass is 417 g/mol. The van der Waals surface area contributed by atoms with Gasteiger partial charge >= 0.3 is 0 Å². The van der Waals surface area contributed by atoms with Crippen LogP contribution in [0.15, 0.2) is 18.3 Å². The third kappa shape index (κ3) is 5.90. The van der Waals surface area contributed by atoms with Crippen molar-refractivity contribution < 1.29 is 17.6 Å². The molecule has 0 aliphatic carbocycles. The highest BCUT2D eigenvalue weighted by Crippen LogP contribution is 2.20. The zero-order valence-corrected chi connectivity index (χ0v) is 16.6. The van der Waals surface area contributed by atoms with E-state index < -0.39 is 35.4 Å². The van der Waals surface area contributed by atoms with Crippen molar-refractivity contribution >= 4 is 23.1 Å². The molecule has 0 aliphatic heterocycles. The van der Waals surface area contributed by atoms with Gasteiger partial charge in [0.05, 0.1) is 12.1 Å². The first-order valence-corrected chi connectivity index (χ1v) is 9.39. The Bertz CT molecular complexity index is 781. The summed E-state index contributed by atoms with van der Waals surface area (Å²) in [6.45, 7) is 7.38. The van der Waals surface area contributed by atoms with Crippen LogP contribution in [0.2, 0.25) is 0 Å². The van der Waals surface area contributed by atoms with E-state index in [-0.39, 0.29) is 6.07 Å². The summed E-state index contributed by atoms with van der Waals surface area (Å²) in [6.07, 6.45) is 2.34. The molecule has 10 heteroatoms. The summed E-state index contributed by atoms with van der Waals surface area (Å²) in [5.74, 6) is -5.42. The molecule has 5 nitrogen and oxygen atoms in total. The molecule has 154 valence electrons. The summed E-state index contributed by atoms with van der Waals surface area (Å²) < 4.78 is 55.2. The molecule has 0 aliphatic rings. The van der Waals surface area contributed by atoms with Gasteiger partial charge in [0.25, 0.3) is 0 Å². The van der Waals surface area contributed by atoms with Crippen LogP contribution in [-0.2, 0) is 6.54 Å². The van der Waals surface area contributed by atoms with Crippen LogP contribution in [0.4, 0.5) is 23.4 Å². The molecule has 0 unspecified atom stereocenters. The Morgan fingerprint density at radius 2 is 1.79 bits per heavy atom. The summed E-state index contributed by atoms with van der Waals surface area (Å²) >= 11 is 5.18. The molecule has 1 heterocycles. The van der Waals surface area contributed by atoms with Crippen molar-refractivity contribution in [3.63, 3.8) is 0 Å². The Hall–Kier alpha value is -2.20. The van der Waals surface area contributed by atoms with Gasteiger partial charge < -0.3 is 15.5 Å². The molecule has 1 aromatic carbocycles. The first-order chi connectivity index (χ1) is 13.3. The lowest BCUT2D eigenvalue weighted by Gasteiger charge is -2.18. The fourth-order valence-corrected chi connectivity index (χ4v) is 2.85. The lowest BCUT2D eigenvalue weighted by atomic mass is 10.2. The summed E-state index contributed by atoms with van der Waals surface area (Å²) in [4.78, 5) is 2.30. The van der Waals surface area contributed by atoms with E-state index >= 15 is 0 Å². The normalized spacial score (nSPS) is 11.1. The Kier molecular flexibility index (Phi) is 8.18. The molecule has 0 atom stereocenters. The predicted molar refractivity (Wildman–Crippen MR) is 104 cm³/mol. The molecule has 0 radical (unpaired) electrons. The number of hydrogen-bond acceptors (Lipinski definition) is 3. The zero-order valence-electron chi connectivity index (χ0n) is 15.7. The molecule has 0 amide bonds. The van der Waals surface area contributed by atoms with Crippen LogP contribution in [0.5, 0.6) is 0 Å². The topological polar surface area (TPSA) is 45.1 Å². The van der Waals surface area contributed by atoms with Gasteiger partial charge in [-0.15, -0.1) is 0 Å². The first kappa shape index (κ1) is 22.1. The maximum Gasteiger partial charge on any atom is 0.171 e. The van der Waals surface area contributed by atoms with E-state index in [2.05, 4.69) is 34.5 Å².